The van der Waals surface area contributed by atoms with Gasteiger partial charge in [0.1, 0.15) is 6.04 Å². The fourth-order valence-corrected chi connectivity index (χ4v) is 7.38. The highest BCUT2D eigenvalue weighted by atomic mass is 32.2. The summed E-state index contributed by atoms with van der Waals surface area (Å²) in [6.07, 6.45) is 10.2. The number of likely N-dealkylation sites (tertiary alicyclic amines) is 1. The van der Waals surface area contributed by atoms with Gasteiger partial charge in [-0.1, -0.05) is 44.2 Å². The molecule has 0 spiro atoms. The molecule has 1 heterocycles. The zero-order chi connectivity index (χ0) is 21.8. The van der Waals surface area contributed by atoms with Gasteiger partial charge in [0.2, 0.25) is 11.8 Å². The van der Waals surface area contributed by atoms with E-state index in [2.05, 4.69) is 5.32 Å². The minimum atomic E-state index is -3.19. The Morgan fingerprint density at radius 1 is 0.935 bits per heavy atom. The van der Waals surface area contributed by atoms with E-state index in [4.69, 9.17) is 0 Å². The van der Waals surface area contributed by atoms with Crippen molar-refractivity contribution in [2.45, 2.75) is 87.7 Å². The molecule has 1 aromatic rings. The van der Waals surface area contributed by atoms with Crippen molar-refractivity contribution in [3.8, 4) is 0 Å². The summed E-state index contributed by atoms with van der Waals surface area (Å²) in [5.41, 5.74) is 1.30. The van der Waals surface area contributed by atoms with Crippen LogP contribution in [-0.4, -0.2) is 43.0 Å². The summed E-state index contributed by atoms with van der Waals surface area (Å²) in [5, 5.41) is 2.69. The maximum atomic E-state index is 13.0. The number of carbonyl (C=O) groups excluding carboxylic acids is 2. The highest BCUT2D eigenvalue weighted by molar-refractivity contribution is 7.91. The number of carbonyl (C=O) groups is 2. The molecule has 3 fully saturated rings. The Morgan fingerprint density at radius 2 is 1.65 bits per heavy atom. The third kappa shape index (κ3) is 5.30. The highest BCUT2D eigenvalue weighted by Gasteiger charge is 2.37. The second-order valence-corrected chi connectivity index (χ2v) is 11.7. The zero-order valence-corrected chi connectivity index (χ0v) is 19.0. The largest absolute Gasteiger partial charge is 0.330 e. The molecule has 1 aliphatic heterocycles. The molecule has 0 radical (unpaired) electrons. The van der Waals surface area contributed by atoms with E-state index in [0.29, 0.717) is 24.2 Å². The molecule has 7 heteroatoms. The molecule has 1 saturated heterocycles. The molecule has 1 aromatic carbocycles. The molecule has 1 atom stereocenters. The Kier molecular flexibility index (Phi) is 6.99. The van der Waals surface area contributed by atoms with Gasteiger partial charge in [-0.05, 0) is 56.2 Å². The number of rotatable bonds is 6. The van der Waals surface area contributed by atoms with Gasteiger partial charge < -0.3 is 10.2 Å². The minimum absolute atomic E-state index is 0.0110. The lowest BCUT2D eigenvalue weighted by molar-refractivity contribution is -0.140. The summed E-state index contributed by atoms with van der Waals surface area (Å²) in [7, 11) is -3.19. The van der Waals surface area contributed by atoms with Crippen LogP contribution in [0.2, 0.25) is 0 Å². The number of sulfone groups is 1. The van der Waals surface area contributed by atoms with Crippen molar-refractivity contribution in [3.63, 3.8) is 0 Å². The van der Waals surface area contributed by atoms with Gasteiger partial charge in [0.25, 0.3) is 0 Å². The number of hydrogen-bond donors (Lipinski definition) is 1. The summed E-state index contributed by atoms with van der Waals surface area (Å²) < 4.78 is 25.6. The van der Waals surface area contributed by atoms with Gasteiger partial charge in [0.05, 0.1) is 11.0 Å². The predicted octanol–water partition coefficient (Wildman–Crippen LogP) is 4.05. The van der Waals surface area contributed by atoms with E-state index in [1.807, 2.05) is 6.07 Å². The van der Waals surface area contributed by atoms with Crippen molar-refractivity contribution in [1.82, 2.24) is 4.90 Å². The first-order chi connectivity index (χ1) is 14.9. The SMILES string of the molecule is O=C(Nc1cccc(CS(=O)(=O)C2CCCCC2)c1)C1CCCN1C(=O)C1CCCC1. The van der Waals surface area contributed by atoms with E-state index < -0.39 is 15.9 Å². The van der Waals surface area contributed by atoms with Crippen LogP contribution in [-0.2, 0) is 25.2 Å². The molecular formula is C24H34N2O4S. The van der Waals surface area contributed by atoms with E-state index in [0.717, 1.165) is 64.2 Å². The lowest BCUT2D eigenvalue weighted by Crippen LogP contribution is -2.45. The number of amides is 2. The van der Waals surface area contributed by atoms with Crippen LogP contribution in [0.5, 0.6) is 0 Å². The van der Waals surface area contributed by atoms with Crippen molar-refractivity contribution < 1.29 is 18.0 Å². The van der Waals surface area contributed by atoms with Crippen LogP contribution in [0.15, 0.2) is 24.3 Å². The van der Waals surface area contributed by atoms with Crippen LogP contribution in [0.3, 0.4) is 0 Å². The highest BCUT2D eigenvalue weighted by Crippen LogP contribution is 2.30. The van der Waals surface area contributed by atoms with E-state index in [9.17, 15) is 18.0 Å². The van der Waals surface area contributed by atoms with Gasteiger partial charge in [-0.2, -0.15) is 0 Å². The first-order valence-electron chi connectivity index (χ1n) is 11.9. The van der Waals surface area contributed by atoms with Gasteiger partial charge >= 0.3 is 0 Å². The van der Waals surface area contributed by atoms with E-state index >= 15 is 0 Å². The van der Waals surface area contributed by atoms with Crippen LogP contribution in [0.25, 0.3) is 0 Å². The molecule has 1 unspecified atom stereocenters. The Bertz CT molecular complexity index is 902. The molecule has 170 valence electrons. The molecule has 31 heavy (non-hydrogen) atoms. The number of benzene rings is 1. The number of hydrogen-bond acceptors (Lipinski definition) is 4. The molecule has 2 amide bonds. The second-order valence-electron chi connectivity index (χ2n) is 9.43. The average Bonchev–Trinajstić information content (AvgIpc) is 3.46. The second kappa shape index (κ2) is 9.72. The van der Waals surface area contributed by atoms with Crippen molar-refractivity contribution in [2.75, 3.05) is 11.9 Å². The topological polar surface area (TPSA) is 83.6 Å². The molecule has 0 aromatic heterocycles. The Morgan fingerprint density at radius 3 is 2.39 bits per heavy atom. The lowest BCUT2D eigenvalue weighted by Gasteiger charge is -2.26. The fraction of sp³-hybridized carbons (Fsp3) is 0.667. The van der Waals surface area contributed by atoms with Crippen molar-refractivity contribution in [2.24, 2.45) is 5.92 Å². The average molecular weight is 447 g/mol. The molecule has 1 N–H and O–H groups in total. The number of nitrogens with zero attached hydrogens (tertiary/aromatic N) is 1. The van der Waals surface area contributed by atoms with Crippen LogP contribution < -0.4 is 5.32 Å². The standard InChI is InChI=1S/C24H34N2O4S/c27-23(22-14-7-15-26(22)24(28)19-9-4-5-10-19)25-20-11-6-8-18(16-20)17-31(29,30)21-12-2-1-3-13-21/h6,8,11,16,19,21-22H,1-5,7,9-10,12-15,17H2,(H,25,27). The Balaban J connectivity index is 1.40. The van der Waals surface area contributed by atoms with Crippen molar-refractivity contribution in [3.05, 3.63) is 29.8 Å². The van der Waals surface area contributed by atoms with Crippen molar-refractivity contribution in [1.29, 1.82) is 0 Å². The number of anilines is 1. The van der Waals surface area contributed by atoms with E-state index in [-0.39, 0.29) is 28.7 Å². The molecule has 2 saturated carbocycles. The van der Waals surface area contributed by atoms with Crippen molar-refractivity contribution >= 4 is 27.3 Å². The third-order valence-corrected chi connectivity index (χ3v) is 9.39. The normalized spacial score (nSPS) is 23.2. The molecule has 6 nitrogen and oxygen atoms in total. The quantitative estimate of drug-likeness (QED) is 0.714. The molecule has 0 bridgehead atoms. The third-order valence-electron chi connectivity index (χ3n) is 7.17. The van der Waals surface area contributed by atoms with E-state index in [1.165, 1.54) is 0 Å². The van der Waals surface area contributed by atoms with Crippen LogP contribution >= 0.6 is 0 Å². The summed E-state index contributed by atoms with van der Waals surface area (Å²) in [6.45, 7) is 0.646. The smallest absolute Gasteiger partial charge is 0.247 e. The predicted molar refractivity (Wildman–Crippen MR) is 121 cm³/mol. The molecule has 2 aliphatic carbocycles. The van der Waals surface area contributed by atoms with Crippen LogP contribution in [0.1, 0.15) is 76.2 Å². The monoisotopic (exact) mass is 446 g/mol. The molecule has 4 rings (SSSR count). The van der Waals surface area contributed by atoms with Gasteiger partial charge in [-0.3, -0.25) is 9.59 Å². The van der Waals surface area contributed by atoms with Crippen LogP contribution in [0, 0.1) is 5.92 Å². The molecule has 3 aliphatic rings. The maximum absolute atomic E-state index is 13.0. The van der Waals surface area contributed by atoms with E-state index in [1.54, 1.807) is 23.1 Å². The van der Waals surface area contributed by atoms with Gasteiger partial charge in [0, 0.05) is 18.2 Å². The minimum Gasteiger partial charge on any atom is -0.330 e. The Hall–Kier alpha value is -1.89. The summed E-state index contributed by atoms with van der Waals surface area (Å²) in [6, 6.07) is 6.71. The van der Waals surface area contributed by atoms with Gasteiger partial charge in [0.15, 0.2) is 9.84 Å². The lowest BCUT2D eigenvalue weighted by atomic mass is 10.0. The summed E-state index contributed by atoms with van der Waals surface area (Å²) in [4.78, 5) is 27.6. The Labute approximate surface area is 185 Å². The molecular weight excluding hydrogens is 412 g/mol. The first kappa shape index (κ1) is 22.3. The summed E-state index contributed by atoms with van der Waals surface area (Å²) in [5.74, 6) is 0.0391. The first-order valence-corrected chi connectivity index (χ1v) is 13.6. The fourth-order valence-electron chi connectivity index (χ4n) is 5.45. The van der Waals surface area contributed by atoms with Gasteiger partial charge in [-0.25, -0.2) is 8.42 Å². The van der Waals surface area contributed by atoms with Crippen LogP contribution in [0.4, 0.5) is 5.69 Å². The number of nitrogens with one attached hydrogen (secondary N) is 1. The van der Waals surface area contributed by atoms with Gasteiger partial charge in [-0.15, -0.1) is 0 Å². The maximum Gasteiger partial charge on any atom is 0.247 e. The zero-order valence-electron chi connectivity index (χ0n) is 18.2. The summed E-state index contributed by atoms with van der Waals surface area (Å²) >= 11 is 0.